The van der Waals surface area contributed by atoms with Gasteiger partial charge >= 0.3 is 0 Å². The first kappa shape index (κ1) is 15.3. The highest BCUT2D eigenvalue weighted by Gasteiger charge is 2.18. The average molecular weight is 380 g/mol. The Morgan fingerprint density at radius 1 is 1.20 bits per heavy atom. The van der Waals surface area contributed by atoms with Crippen LogP contribution in [-0.2, 0) is 15.7 Å². The maximum Gasteiger partial charge on any atom is 0.265 e. The van der Waals surface area contributed by atoms with Gasteiger partial charge in [0, 0.05) is 15.2 Å². The Bertz CT molecular complexity index is 734. The van der Waals surface area contributed by atoms with Gasteiger partial charge in [0.2, 0.25) is 0 Å². The maximum atomic E-state index is 13.1. The molecule has 2 aromatic carbocycles. The van der Waals surface area contributed by atoms with Gasteiger partial charge in [0.15, 0.2) is 0 Å². The Morgan fingerprint density at radius 3 is 2.60 bits per heavy atom. The molecule has 0 radical (unpaired) electrons. The van der Waals surface area contributed by atoms with E-state index >= 15 is 0 Å². The van der Waals surface area contributed by atoms with Gasteiger partial charge in [-0.25, -0.2) is 12.8 Å². The first-order chi connectivity index (χ1) is 9.36. The summed E-state index contributed by atoms with van der Waals surface area (Å²) in [5, 5.41) is 0. The minimum atomic E-state index is -4.07. The van der Waals surface area contributed by atoms with E-state index in [9.17, 15) is 12.8 Å². The first-order valence-electron chi connectivity index (χ1n) is 5.48. The van der Waals surface area contributed by atoms with Gasteiger partial charge in [-0.2, -0.15) is 0 Å². The number of halogens is 3. The normalized spacial score (nSPS) is 11.3. The zero-order chi connectivity index (χ0) is 14.8. The highest BCUT2D eigenvalue weighted by molar-refractivity contribution is 9.10. The Kier molecular flexibility index (Phi) is 4.67. The molecule has 0 aliphatic carbocycles. The molecule has 0 spiro atoms. The molecule has 0 unspecified atom stereocenters. The molecule has 0 fully saturated rings. The van der Waals surface area contributed by atoms with Gasteiger partial charge in [0.25, 0.3) is 9.05 Å². The van der Waals surface area contributed by atoms with Crippen molar-refractivity contribution in [3.63, 3.8) is 0 Å². The van der Waals surface area contributed by atoms with Crippen LogP contribution in [0.15, 0.2) is 51.8 Å². The van der Waals surface area contributed by atoms with E-state index in [4.69, 9.17) is 15.4 Å². The minimum absolute atomic E-state index is 0.0152. The summed E-state index contributed by atoms with van der Waals surface area (Å²) in [4.78, 5) is -0.380. The van der Waals surface area contributed by atoms with E-state index in [1.807, 2.05) is 24.3 Å². The van der Waals surface area contributed by atoms with Crippen LogP contribution in [0.1, 0.15) is 5.56 Å². The molecule has 0 saturated heterocycles. The fourth-order valence-corrected chi connectivity index (χ4v) is 3.01. The lowest BCUT2D eigenvalue weighted by molar-refractivity contribution is 0.297. The van der Waals surface area contributed by atoms with E-state index in [1.54, 1.807) is 0 Å². The maximum absolute atomic E-state index is 13.1. The van der Waals surface area contributed by atoms with Crippen molar-refractivity contribution in [2.45, 2.75) is 11.5 Å². The van der Waals surface area contributed by atoms with Crippen LogP contribution in [0.3, 0.4) is 0 Å². The Hall–Kier alpha value is -1.11. The zero-order valence-corrected chi connectivity index (χ0v) is 13.2. The van der Waals surface area contributed by atoms with Gasteiger partial charge < -0.3 is 4.74 Å². The standard InChI is InChI=1S/C13H9BrClFO3S/c14-10-3-1-2-9(6-10)8-19-12-5-4-11(16)7-13(12)20(15,17)18/h1-7H,8H2. The molecule has 7 heteroatoms. The molecule has 20 heavy (non-hydrogen) atoms. The predicted molar refractivity (Wildman–Crippen MR) is 77.9 cm³/mol. The average Bonchev–Trinajstić information content (AvgIpc) is 2.36. The number of benzene rings is 2. The molecule has 0 N–H and O–H groups in total. The smallest absolute Gasteiger partial charge is 0.265 e. The second-order valence-electron chi connectivity index (χ2n) is 3.95. The molecule has 0 amide bonds. The largest absolute Gasteiger partial charge is 0.487 e. The summed E-state index contributed by atoms with van der Waals surface area (Å²) in [7, 11) is 1.19. The third-order valence-electron chi connectivity index (χ3n) is 2.45. The molecule has 0 saturated carbocycles. The van der Waals surface area contributed by atoms with E-state index < -0.39 is 14.9 Å². The van der Waals surface area contributed by atoms with Crippen LogP contribution in [0, 0.1) is 5.82 Å². The lowest BCUT2D eigenvalue weighted by atomic mass is 10.2. The van der Waals surface area contributed by atoms with E-state index in [0.717, 1.165) is 22.2 Å². The van der Waals surface area contributed by atoms with E-state index in [2.05, 4.69) is 15.9 Å². The Labute approximate surface area is 128 Å². The summed E-state index contributed by atoms with van der Waals surface area (Å²) in [6.07, 6.45) is 0. The predicted octanol–water partition coefficient (Wildman–Crippen LogP) is 4.09. The molecule has 0 aliphatic rings. The number of ether oxygens (including phenoxy) is 1. The molecule has 0 heterocycles. The highest BCUT2D eigenvalue weighted by atomic mass is 79.9. The lowest BCUT2D eigenvalue weighted by Crippen LogP contribution is -2.01. The zero-order valence-electron chi connectivity index (χ0n) is 10.0. The van der Waals surface area contributed by atoms with Gasteiger partial charge in [-0.15, -0.1) is 0 Å². The molecular weight excluding hydrogens is 371 g/mol. The van der Waals surface area contributed by atoms with Gasteiger partial charge in [0.1, 0.15) is 23.1 Å². The number of rotatable bonds is 4. The molecule has 2 aromatic rings. The summed E-state index contributed by atoms with van der Waals surface area (Å²) in [6, 6.07) is 10.5. The third kappa shape index (κ3) is 3.94. The van der Waals surface area contributed by atoms with E-state index in [-0.39, 0.29) is 17.3 Å². The summed E-state index contributed by atoms with van der Waals surface area (Å²) in [5.41, 5.74) is 0.835. The van der Waals surface area contributed by atoms with Crippen molar-refractivity contribution in [2.75, 3.05) is 0 Å². The lowest BCUT2D eigenvalue weighted by Gasteiger charge is -2.10. The fraction of sp³-hybridized carbons (Fsp3) is 0.0769. The van der Waals surface area contributed by atoms with Crippen LogP contribution in [0.25, 0.3) is 0 Å². The summed E-state index contributed by atoms with van der Waals surface area (Å²) < 4.78 is 42.2. The van der Waals surface area contributed by atoms with Crippen LogP contribution in [0.5, 0.6) is 5.75 Å². The van der Waals surface area contributed by atoms with Crippen molar-refractivity contribution in [1.82, 2.24) is 0 Å². The second kappa shape index (κ2) is 6.11. The SMILES string of the molecule is O=S(=O)(Cl)c1cc(F)ccc1OCc1cccc(Br)c1. The van der Waals surface area contributed by atoms with Gasteiger partial charge in [-0.1, -0.05) is 28.1 Å². The third-order valence-corrected chi connectivity index (χ3v) is 4.29. The highest BCUT2D eigenvalue weighted by Crippen LogP contribution is 2.28. The van der Waals surface area contributed by atoms with E-state index in [0.29, 0.717) is 0 Å². The number of hydrogen-bond acceptors (Lipinski definition) is 3. The summed E-state index contributed by atoms with van der Waals surface area (Å²) in [5.74, 6) is -0.680. The van der Waals surface area contributed by atoms with Crippen molar-refractivity contribution in [2.24, 2.45) is 0 Å². The first-order valence-corrected chi connectivity index (χ1v) is 8.58. The number of hydrogen-bond donors (Lipinski definition) is 0. The van der Waals surface area contributed by atoms with E-state index in [1.165, 1.54) is 6.07 Å². The van der Waals surface area contributed by atoms with Crippen molar-refractivity contribution in [3.05, 3.63) is 58.3 Å². The quantitative estimate of drug-likeness (QED) is 0.751. The van der Waals surface area contributed by atoms with Crippen LogP contribution in [0.2, 0.25) is 0 Å². The van der Waals surface area contributed by atoms with Crippen LogP contribution in [0.4, 0.5) is 4.39 Å². The summed E-state index contributed by atoms with van der Waals surface area (Å²) in [6.45, 7) is 0.143. The molecule has 106 valence electrons. The molecule has 3 nitrogen and oxygen atoms in total. The Balaban J connectivity index is 2.26. The van der Waals surface area contributed by atoms with Crippen LogP contribution < -0.4 is 4.74 Å². The van der Waals surface area contributed by atoms with Gasteiger partial charge in [0.05, 0.1) is 0 Å². The fourth-order valence-electron chi connectivity index (χ4n) is 1.58. The summed E-state index contributed by atoms with van der Waals surface area (Å²) >= 11 is 3.32. The van der Waals surface area contributed by atoms with Crippen LogP contribution >= 0.6 is 26.6 Å². The van der Waals surface area contributed by atoms with Gasteiger partial charge in [-0.05, 0) is 35.9 Å². The molecule has 0 aliphatic heterocycles. The van der Waals surface area contributed by atoms with Gasteiger partial charge in [-0.3, -0.25) is 0 Å². The Morgan fingerprint density at radius 2 is 1.95 bits per heavy atom. The van der Waals surface area contributed by atoms with Crippen molar-refractivity contribution in [1.29, 1.82) is 0 Å². The molecule has 2 rings (SSSR count). The minimum Gasteiger partial charge on any atom is -0.487 e. The second-order valence-corrected chi connectivity index (χ2v) is 7.40. The molecular formula is C13H9BrClFO3S. The molecule has 0 atom stereocenters. The molecule has 0 bridgehead atoms. The van der Waals surface area contributed by atoms with Crippen molar-refractivity contribution in [3.8, 4) is 5.75 Å². The molecule has 0 aromatic heterocycles. The van der Waals surface area contributed by atoms with Crippen LogP contribution in [-0.4, -0.2) is 8.42 Å². The van der Waals surface area contributed by atoms with Crippen molar-refractivity contribution >= 4 is 35.7 Å². The van der Waals surface area contributed by atoms with Crippen molar-refractivity contribution < 1.29 is 17.5 Å². The topological polar surface area (TPSA) is 43.4 Å². The monoisotopic (exact) mass is 378 g/mol.